The SMILES string of the molecule is COc1cccc(C2(C)OC(NS(=O)(=O)c3ccccc3)=C(O)C2=O)c1. The van der Waals surface area contributed by atoms with E-state index < -0.39 is 33.0 Å². The van der Waals surface area contributed by atoms with Crippen LogP contribution in [-0.2, 0) is 25.2 Å². The minimum Gasteiger partial charge on any atom is -0.501 e. The molecule has 7 nitrogen and oxygen atoms in total. The molecule has 2 aromatic carbocycles. The highest BCUT2D eigenvalue weighted by Gasteiger charge is 2.49. The lowest BCUT2D eigenvalue weighted by molar-refractivity contribution is -0.131. The summed E-state index contributed by atoms with van der Waals surface area (Å²) in [6.07, 6.45) is 0. The van der Waals surface area contributed by atoms with Crippen LogP contribution in [0, 0.1) is 0 Å². The van der Waals surface area contributed by atoms with Gasteiger partial charge in [0.15, 0.2) is 5.60 Å². The van der Waals surface area contributed by atoms with Crippen LogP contribution < -0.4 is 9.46 Å². The molecular formula is C18H17NO6S. The average molecular weight is 375 g/mol. The molecule has 2 aromatic rings. The molecule has 136 valence electrons. The first kappa shape index (κ1) is 17.8. The molecule has 0 amide bonds. The summed E-state index contributed by atoms with van der Waals surface area (Å²) in [5.41, 5.74) is -1.16. The molecule has 1 unspecified atom stereocenters. The number of hydrogen-bond acceptors (Lipinski definition) is 6. The van der Waals surface area contributed by atoms with Gasteiger partial charge in [0.1, 0.15) is 5.75 Å². The second kappa shape index (κ2) is 6.38. The molecule has 3 rings (SSSR count). The number of nitrogens with one attached hydrogen (secondary N) is 1. The highest BCUT2D eigenvalue weighted by atomic mass is 32.2. The van der Waals surface area contributed by atoms with E-state index in [1.165, 1.54) is 26.2 Å². The Morgan fingerprint density at radius 2 is 1.81 bits per heavy atom. The van der Waals surface area contributed by atoms with Crippen LogP contribution in [0.4, 0.5) is 0 Å². The van der Waals surface area contributed by atoms with E-state index in [9.17, 15) is 18.3 Å². The molecule has 1 heterocycles. The minimum absolute atomic E-state index is 0.0219. The molecule has 0 aliphatic carbocycles. The van der Waals surface area contributed by atoms with Crippen molar-refractivity contribution in [1.29, 1.82) is 0 Å². The van der Waals surface area contributed by atoms with Crippen molar-refractivity contribution >= 4 is 15.8 Å². The summed E-state index contributed by atoms with van der Waals surface area (Å²) in [7, 11) is -2.53. The van der Waals surface area contributed by atoms with Gasteiger partial charge in [-0.1, -0.05) is 30.3 Å². The van der Waals surface area contributed by atoms with Crippen LogP contribution in [0.5, 0.6) is 5.75 Å². The Labute approximate surface area is 150 Å². The fraction of sp³-hybridized carbons (Fsp3) is 0.167. The lowest BCUT2D eigenvalue weighted by Gasteiger charge is -2.24. The minimum atomic E-state index is -4.02. The third-order valence-electron chi connectivity index (χ3n) is 4.07. The number of carbonyl (C=O) groups excluding carboxylic acids is 1. The number of aliphatic hydroxyl groups excluding tert-OH is 1. The van der Waals surface area contributed by atoms with Crippen molar-refractivity contribution in [2.75, 3.05) is 7.11 Å². The first-order valence-electron chi connectivity index (χ1n) is 7.67. The van der Waals surface area contributed by atoms with Gasteiger partial charge in [-0.3, -0.25) is 4.79 Å². The van der Waals surface area contributed by atoms with Crippen molar-refractivity contribution in [3.63, 3.8) is 0 Å². The van der Waals surface area contributed by atoms with Gasteiger partial charge in [0.05, 0.1) is 12.0 Å². The summed E-state index contributed by atoms with van der Waals surface area (Å²) in [6, 6.07) is 14.1. The molecule has 0 spiro atoms. The average Bonchev–Trinajstić information content (AvgIpc) is 2.87. The van der Waals surface area contributed by atoms with E-state index in [1.54, 1.807) is 42.5 Å². The highest BCUT2D eigenvalue weighted by molar-refractivity contribution is 7.89. The Kier molecular flexibility index (Phi) is 4.37. The quantitative estimate of drug-likeness (QED) is 0.831. The first-order chi connectivity index (χ1) is 12.3. The number of rotatable bonds is 5. The van der Waals surface area contributed by atoms with Crippen molar-refractivity contribution in [3.8, 4) is 5.75 Å². The molecular weight excluding hydrogens is 358 g/mol. The molecule has 0 aromatic heterocycles. The van der Waals surface area contributed by atoms with Crippen molar-refractivity contribution in [1.82, 2.24) is 4.72 Å². The number of methoxy groups -OCH3 is 1. The highest BCUT2D eigenvalue weighted by Crippen LogP contribution is 2.38. The summed E-state index contributed by atoms with van der Waals surface area (Å²) >= 11 is 0. The zero-order chi connectivity index (χ0) is 18.9. The molecule has 0 saturated heterocycles. The summed E-state index contributed by atoms with van der Waals surface area (Å²) in [4.78, 5) is 12.5. The van der Waals surface area contributed by atoms with Crippen LogP contribution in [0.25, 0.3) is 0 Å². The molecule has 0 fully saturated rings. The van der Waals surface area contributed by atoms with E-state index in [1.807, 2.05) is 0 Å². The molecule has 2 N–H and O–H groups in total. The number of carbonyl (C=O) groups is 1. The predicted octanol–water partition coefficient (Wildman–Crippen LogP) is 2.22. The maximum Gasteiger partial charge on any atom is 0.264 e. The summed E-state index contributed by atoms with van der Waals surface area (Å²) in [5, 5.41) is 10.1. The fourth-order valence-corrected chi connectivity index (χ4v) is 3.60. The van der Waals surface area contributed by atoms with Crippen molar-refractivity contribution in [3.05, 3.63) is 71.8 Å². The van der Waals surface area contributed by atoms with E-state index in [-0.39, 0.29) is 4.90 Å². The smallest absolute Gasteiger partial charge is 0.264 e. The monoisotopic (exact) mass is 375 g/mol. The van der Waals surface area contributed by atoms with E-state index in [2.05, 4.69) is 4.72 Å². The molecule has 26 heavy (non-hydrogen) atoms. The Morgan fingerprint density at radius 1 is 1.12 bits per heavy atom. The van der Waals surface area contributed by atoms with Gasteiger partial charge in [0.25, 0.3) is 15.8 Å². The number of ether oxygens (including phenoxy) is 2. The second-order valence-electron chi connectivity index (χ2n) is 5.79. The van der Waals surface area contributed by atoms with Crippen molar-refractivity contribution in [2.45, 2.75) is 17.4 Å². The standard InChI is InChI=1S/C18H17NO6S/c1-18(12-7-6-8-13(11-12)24-2)16(21)15(20)17(25-18)19-26(22,23)14-9-4-3-5-10-14/h3-11,19-20H,1-2H3. The lowest BCUT2D eigenvalue weighted by atomic mass is 9.91. The number of benzene rings is 2. The van der Waals surface area contributed by atoms with Crippen LogP contribution in [0.1, 0.15) is 12.5 Å². The molecule has 0 saturated carbocycles. The van der Waals surface area contributed by atoms with Gasteiger partial charge in [0.2, 0.25) is 11.6 Å². The number of Topliss-reactive ketones (excluding diaryl/α,β-unsaturated/α-hetero) is 1. The van der Waals surface area contributed by atoms with Crippen LogP contribution in [0.3, 0.4) is 0 Å². The van der Waals surface area contributed by atoms with Gasteiger partial charge < -0.3 is 14.6 Å². The van der Waals surface area contributed by atoms with Gasteiger partial charge in [-0.05, 0) is 31.2 Å². The topological polar surface area (TPSA) is 102 Å². The molecule has 8 heteroatoms. The second-order valence-corrected chi connectivity index (χ2v) is 7.48. The van der Waals surface area contributed by atoms with Gasteiger partial charge in [-0.25, -0.2) is 13.1 Å². The zero-order valence-corrected chi connectivity index (χ0v) is 14.9. The van der Waals surface area contributed by atoms with E-state index in [4.69, 9.17) is 9.47 Å². The Morgan fingerprint density at radius 3 is 2.46 bits per heavy atom. The van der Waals surface area contributed by atoms with Crippen molar-refractivity contribution < 1.29 is 27.8 Å². The van der Waals surface area contributed by atoms with E-state index in [0.717, 1.165) is 0 Å². The largest absolute Gasteiger partial charge is 0.501 e. The Hall–Kier alpha value is -3.00. The third-order valence-corrected chi connectivity index (χ3v) is 5.42. The number of sulfonamides is 1. The predicted molar refractivity (Wildman–Crippen MR) is 92.9 cm³/mol. The molecule has 0 radical (unpaired) electrons. The van der Waals surface area contributed by atoms with Crippen LogP contribution >= 0.6 is 0 Å². The molecule has 0 bridgehead atoms. The summed E-state index contributed by atoms with van der Waals surface area (Å²) in [5.74, 6) is -1.55. The Bertz CT molecular complexity index is 984. The van der Waals surface area contributed by atoms with Crippen molar-refractivity contribution in [2.24, 2.45) is 0 Å². The molecule has 1 aliphatic heterocycles. The summed E-state index contributed by atoms with van der Waals surface area (Å²) in [6.45, 7) is 1.45. The van der Waals surface area contributed by atoms with Gasteiger partial charge >= 0.3 is 0 Å². The fourth-order valence-electron chi connectivity index (χ4n) is 2.59. The van der Waals surface area contributed by atoms with Gasteiger partial charge in [-0.2, -0.15) is 0 Å². The van der Waals surface area contributed by atoms with Crippen LogP contribution in [-0.4, -0.2) is 26.4 Å². The first-order valence-corrected chi connectivity index (χ1v) is 9.16. The number of hydrogen-bond donors (Lipinski definition) is 2. The molecule has 1 atom stereocenters. The van der Waals surface area contributed by atoms with E-state index in [0.29, 0.717) is 11.3 Å². The van der Waals surface area contributed by atoms with E-state index >= 15 is 0 Å². The zero-order valence-electron chi connectivity index (χ0n) is 14.1. The number of ketones is 1. The lowest BCUT2D eigenvalue weighted by Crippen LogP contribution is -2.32. The van der Waals surface area contributed by atoms with Crippen LogP contribution in [0.15, 0.2) is 71.1 Å². The van der Waals surface area contributed by atoms with Gasteiger partial charge in [0, 0.05) is 5.56 Å². The maximum absolute atomic E-state index is 12.6. The normalized spacial score (nSPS) is 20.0. The summed E-state index contributed by atoms with van der Waals surface area (Å²) < 4.78 is 37.7. The Balaban J connectivity index is 1.92. The van der Waals surface area contributed by atoms with Gasteiger partial charge in [-0.15, -0.1) is 0 Å². The number of aliphatic hydroxyl groups is 1. The maximum atomic E-state index is 12.6. The third kappa shape index (κ3) is 2.99. The molecule has 1 aliphatic rings. The van der Waals surface area contributed by atoms with Crippen LogP contribution in [0.2, 0.25) is 0 Å².